The first-order chi connectivity index (χ1) is 12.1. The summed E-state index contributed by atoms with van der Waals surface area (Å²) in [4.78, 5) is 24.7. The van der Waals surface area contributed by atoms with Gasteiger partial charge in [-0.05, 0) is 25.7 Å². The number of carbonyl (C=O) groups is 2. The summed E-state index contributed by atoms with van der Waals surface area (Å²) in [7, 11) is 0. The number of ether oxygens (including phenoxy) is 2. The van der Waals surface area contributed by atoms with Gasteiger partial charge in [-0.3, -0.25) is 9.59 Å². The van der Waals surface area contributed by atoms with Crippen LogP contribution in [-0.4, -0.2) is 25.2 Å². The number of carbonyl (C=O) groups excluding carboxylic acids is 2. The molecule has 0 saturated carbocycles. The van der Waals surface area contributed by atoms with Crippen LogP contribution in [0.25, 0.3) is 0 Å². The Kier molecular flexibility index (Phi) is 14.6. The van der Waals surface area contributed by atoms with Gasteiger partial charge in [0.1, 0.15) is 0 Å². The van der Waals surface area contributed by atoms with Gasteiger partial charge in [-0.1, -0.05) is 79.1 Å². The van der Waals surface area contributed by atoms with E-state index in [0.29, 0.717) is 26.1 Å². The summed E-state index contributed by atoms with van der Waals surface area (Å²) in [5.74, 6) is -0.852. The van der Waals surface area contributed by atoms with E-state index in [1.807, 2.05) is 20.8 Å². The molecule has 0 amide bonds. The summed E-state index contributed by atoms with van der Waals surface area (Å²) in [5.41, 5.74) is -1.13. The van der Waals surface area contributed by atoms with Crippen molar-refractivity contribution in [2.45, 2.75) is 105 Å². The summed E-state index contributed by atoms with van der Waals surface area (Å²) in [6.07, 6.45) is 12.6. The van der Waals surface area contributed by atoms with Gasteiger partial charge in [0.2, 0.25) is 0 Å². The average Bonchev–Trinajstić information content (AvgIpc) is 2.63. The van der Waals surface area contributed by atoms with Crippen LogP contribution in [0.15, 0.2) is 0 Å². The van der Waals surface area contributed by atoms with Gasteiger partial charge in [-0.2, -0.15) is 0 Å². The molecule has 0 aliphatic carbocycles. The van der Waals surface area contributed by atoms with Crippen LogP contribution >= 0.6 is 0 Å². The van der Waals surface area contributed by atoms with Gasteiger partial charge in [-0.15, -0.1) is 0 Å². The van der Waals surface area contributed by atoms with Crippen molar-refractivity contribution in [3.63, 3.8) is 0 Å². The molecule has 0 N–H and O–H groups in total. The van der Waals surface area contributed by atoms with Crippen LogP contribution in [-0.2, 0) is 19.1 Å². The second kappa shape index (κ2) is 15.2. The summed E-state index contributed by atoms with van der Waals surface area (Å²) in [5, 5.41) is 0. The lowest BCUT2D eigenvalue weighted by Crippen LogP contribution is -2.41. The van der Waals surface area contributed by atoms with Gasteiger partial charge in [0.05, 0.1) is 13.2 Å². The molecule has 0 atom stereocenters. The maximum Gasteiger partial charge on any atom is 0.323 e. The van der Waals surface area contributed by atoms with Crippen molar-refractivity contribution in [1.29, 1.82) is 0 Å². The molecule has 4 heteroatoms. The molecule has 0 fully saturated rings. The van der Waals surface area contributed by atoms with E-state index >= 15 is 0 Å². The Morgan fingerprint density at radius 1 is 0.600 bits per heavy atom. The Labute approximate surface area is 155 Å². The third kappa shape index (κ3) is 9.27. The van der Waals surface area contributed by atoms with Gasteiger partial charge in [-0.25, -0.2) is 0 Å². The number of rotatable bonds is 16. The maximum absolute atomic E-state index is 12.4. The van der Waals surface area contributed by atoms with Crippen LogP contribution < -0.4 is 0 Å². The van der Waals surface area contributed by atoms with Crippen LogP contribution in [0.2, 0.25) is 0 Å². The predicted octanol–water partition coefficient (Wildman–Crippen LogP) is 5.82. The highest BCUT2D eigenvalue weighted by molar-refractivity contribution is 5.99. The largest absolute Gasteiger partial charge is 0.465 e. The third-order valence-corrected chi connectivity index (χ3v) is 4.91. The minimum atomic E-state index is -1.13. The molecule has 0 bridgehead atoms. The molecular formula is C21H40O4. The monoisotopic (exact) mass is 356 g/mol. The molecule has 0 spiro atoms. The van der Waals surface area contributed by atoms with Crippen molar-refractivity contribution < 1.29 is 19.1 Å². The second-order valence-corrected chi connectivity index (χ2v) is 6.89. The Hall–Kier alpha value is -1.06. The van der Waals surface area contributed by atoms with Crippen LogP contribution in [0.5, 0.6) is 0 Å². The Morgan fingerprint density at radius 2 is 1.04 bits per heavy atom. The molecule has 0 aliphatic heterocycles. The molecule has 0 aromatic carbocycles. The molecule has 0 aliphatic rings. The van der Waals surface area contributed by atoms with Gasteiger partial charge < -0.3 is 9.47 Å². The number of unbranched alkanes of at least 4 members (excludes halogenated alkanes) is 8. The molecule has 0 radical (unpaired) electrons. The highest BCUT2D eigenvalue weighted by Gasteiger charge is 2.45. The number of hydrogen-bond donors (Lipinski definition) is 0. The van der Waals surface area contributed by atoms with Gasteiger partial charge in [0, 0.05) is 0 Å². The summed E-state index contributed by atoms with van der Waals surface area (Å²) in [6, 6.07) is 0. The van der Waals surface area contributed by atoms with E-state index < -0.39 is 17.4 Å². The van der Waals surface area contributed by atoms with Crippen LogP contribution in [0.1, 0.15) is 105 Å². The van der Waals surface area contributed by atoms with Crippen LogP contribution in [0.3, 0.4) is 0 Å². The van der Waals surface area contributed by atoms with Gasteiger partial charge in [0.15, 0.2) is 5.41 Å². The third-order valence-electron chi connectivity index (χ3n) is 4.91. The first kappa shape index (κ1) is 23.9. The molecule has 0 heterocycles. The molecule has 0 unspecified atom stereocenters. The Bertz CT molecular complexity index is 348. The van der Waals surface area contributed by atoms with Crippen molar-refractivity contribution >= 4 is 11.9 Å². The fourth-order valence-corrected chi connectivity index (χ4v) is 2.96. The van der Waals surface area contributed by atoms with Crippen LogP contribution in [0.4, 0.5) is 0 Å². The van der Waals surface area contributed by atoms with E-state index in [2.05, 4.69) is 6.92 Å². The first-order valence-electron chi connectivity index (χ1n) is 10.4. The van der Waals surface area contributed by atoms with Gasteiger partial charge >= 0.3 is 11.9 Å². The maximum atomic E-state index is 12.4. The van der Waals surface area contributed by atoms with Gasteiger partial charge in [0.25, 0.3) is 0 Å². The Balaban J connectivity index is 4.02. The average molecular weight is 357 g/mol. The molecular weight excluding hydrogens is 316 g/mol. The lowest BCUT2D eigenvalue weighted by atomic mass is 9.82. The molecule has 0 aromatic rings. The zero-order valence-electron chi connectivity index (χ0n) is 17.0. The normalized spacial score (nSPS) is 11.4. The second-order valence-electron chi connectivity index (χ2n) is 6.89. The van der Waals surface area contributed by atoms with Crippen molar-refractivity contribution in [2.24, 2.45) is 5.41 Å². The molecule has 4 nitrogen and oxygen atoms in total. The van der Waals surface area contributed by atoms with Crippen molar-refractivity contribution in [3.8, 4) is 0 Å². The van der Waals surface area contributed by atoms with Crippen molar-refractivity contribution in [2.75, 3.05) is 13.2 Å². The number of esters is 2. The van der Waals surface area contributed by atoms with Crippen LogP contribution in [0, 0.1) is 5.41 Å². The summed E-state index contributed by atoms with van der Waals surface area (Å²) >= 11 is 0. The van der Waals surface area contributed by atoms with E-state index in [4.69, 9.17) is 9.47 Å². The smallest absolute Gasteiger partial charge is 0.323 e. The minimum Gasteiger partial charge on any atom is -0.465 e. The summed E-state index contributed by atoms with van der Waals surface area (Å²) < 4.78 is 10.6. The fourth-order valence-electron chi connectivity index (χ4n) is 2.96. The topological polar surface area (TPSA) is 52.6 Å². The van der Waals surface area contributed by atoms with Crippen molar-refractivity contribution in [3.05, 3.63) is 0 Å². The quantitative estimate of drug-likeness (QED) is 0.199. The summed E-state index contributed by atoms with van der Waals surface area (Å²) in [6.45, 7) is 8.61. The van der Waals surface area contributed by atoms with E-state index in [0.717, 1.165) is 19.3 Å². The van der Waals surface area contributed by atoms with E-state index in [9.17, 15) is 9.59 Å². The molecule has 0 aromatic heterocycles. The van der Waals surface area contributed by atoms with E-state index in [-0.39, 0.29) is 0 Å². The lowest BCUT2D eigenvalue weighted by Gasteiger charge is -2.26. The zero-order valence-corrected chi connectivity index (χ0v) is 17.0. The van der Waals surface area contributed by atoms with E-state index in [1.165, 1.54) is 44.9 Å². The fraction of sp³-hybridized carbons (Fsp3) is 0.905. The predicted molar refractivity (Wildman–Crippen MR) is 102 cm³/mol. The highest BCUT2D eigenvalue weighted by Crippen LogP contribution is 2.30. The molecule has 25 heavy (non-hydrogen) atoms. The molecule has 0 rings (SSSR count). The lowest BCUT2D eigenvalue weighted by molar-refractivity contribution is -0.173. The van der Waals surface area contributed by atoms with E-state index in [1.54, 1.807) is 0 Å². The number of hydrogen-bond acceptors (Lipinski definition) is 4. The van der Waals surface area contributed by atoms with Crippen molar-refractivity contribution in [1.82, 2.24) is 0 Å². The Morgan fingerprint density at radius 3 is 1.48 bits per heavy atom. The highest BCUT2D eigenvalue weighted by atomic mass is 16.6. The molecule has 0 saturated heterocycles. The molecule has 148 valence electrons. The zero-order chi connectivity index (χ0) is 19.0. The SMILES string of the molecule is CCCCCCCCCCCOC(=O)C(CC)(CC)C(=O)OCCC. The first-order valence-corrected chi connectivity index (χ1v) is 10.4. The standard InChI is InChI=1S/C21H40O4/c1-5-9-10-11-12-13-14-15-16-18-25-20(23)21(7-3,8-4)19(22)24-17-6-2/h5-18H2,1-4H3. The minimum absolute atomic E-state index is 0.353.